The van der Waals surface area contributed by atoms with E-state index in [0.717, 1.165) is 24.1 Å². The number of nitrogens with one attached hydrogen (secondary N) is 1. The number of benzene rings is 1. The van der Waals surface area contributed by atoms with Crippen LogP contribution in [0.15, 0.2) is 29.8 Å². The maximum atomic E-state index is 12.2. The molecule has 1 aliphatic carbocycles. The molecule has 138 valence electrons. The van der Waals surface area contributed by atoms with Crippen molar-refractivity contribution >= 4 is 29.0 Å². The Kier molecular flexibility index (Phi) is 4.32. The molecule has 1 saturated heterocycles. The minimum atomic E-state index is -0.433. The normalized spacial score (nSPS) is 20.1. The Labute approximate surface area is 160 Å². The summed E-state index contributed by atoms with van der Waals surface area (Å²) in [7, 11) is 0. The number of anilines is 1. The molecule has 0 spiro atoms. The molecule has 7 nitrogen and oxygen atoms in total. The third kappa shape index (κ3) is 3.26. The van der Waals surface area contributed by atoms with E-state index in [1.807, 2.05) is 24.3 Å². The number of amides is 2. The number of hydrogen-bond donors (Lipinski definition) is 1. The quantitative estimate of drug-likeness (QED) is 0.858. The van der Waals surface area contributed by atoms with E-state index in [2.05, 4.69) is 16.4 Å². The van der Waals surface area contributed by atoms with Crippen LogP contribution in [-0.2, 0) is 10.2 Å². The summed E-state index contributed by atoms with van der Waals surface area (Å²) in [5, 5.41) is 12.1. The lowest BCUT2D eigenvalue weighted by Crippen LogP contribution is -2.34. The van der Waals surface area contributed by atoms with Gasteiger partial charge in [-0.2, -0.15) is 5.26 Å². The smallest absolute Gasteiger partial charge is 0.414 e. The zero-order valence-electron chi connectivity index (χ0n) is 14.8. The molecule has 0 bridgehead atoms. The van der Waals surface area contributed by atoms with Crippen molar-refractivity contribution in [2.24, 2.45) is 0 Å². The lowest BCUT2D eigenvalue weighted by molar-refractivity contribution is 0.0919. The first-order valence-electron chi connectivity index (χ1n) is 8.71. The number of thiazole rings is 1. The Hall–Kier alpha value is -2.92. The Morgan fingerprint density at radius 1 is 1.44 bits per heavy atom. The van der Waals surface area contributed by atoms with Gasteiger partial charge in [0, 0.05) is 5.69 Å². The van der Waals surface area contributed by atoms with Crippen molar-refractivity contribution in [1.29, 1.82) is 5.26 Å². The number of ether oxygens (including phenoxy) is 1. The van der Waals surface area contributed by atoms with Gasteiger partial charge in [0.1, 0.15) is 11.0 Å². The van der Waals surface area contributed by atoms with E-state index in [1.54, 1.807) is 17.3 Å². The third-order valence-electron chi connectivity index (χ3n) is 5.01. The fraction of sp³-hybridized carbons (Fsp3) is 0.368. The molecule has 1 atom stereocenters. The highest BCUT2D eigenvalue weighted by molar-refractivity contribution is 7.11. The van der Waals surface area contributed by atoms with Gasteiger partial charge in [-0.05, 0) is 37.5 Å². The van der Waals surface area contributed by atoms with Crippen LogP contribution in [0.4, 0.5) is 10.5 Å². The molecule has 2 amide bonds. The monoisotopic (exact) mass is 382 g/mol. The Morgan fingerprint density at radius 2 is 2.19 bits per heavy atom. The van der Waals surface area contributed by atoms with Gasteiger partial charge in [-0.3, -0.25) is 9.69 Å². The van der Waals surface area contributed by atoms with E-state index < -0.39 is 12.2 Å². The third-order valence-corrected chi connectivity index (χ3v) is 5.94. The second-order valence-corrected chi connectivity index (χ2v) is 7.69. The predicted molar refractivity (Wildman–Crippen MR) is 99.8 cm³/mol. The summed E-state index contributed by atoms with van der Waals surface area (Å²) in [6.45, 7) is 2.39. The molecule has 1 unspecified atom stereocenters. The minimum absolute atomic E-state index is 0.208. The van der Waals surface area contributed by atoms with Gasteiger partial charge in [-0.1, -0.05) is 12.1 Å². The number of carbonyl (C=O) groups excluding carboxylic acids is 2. The molecule has 2 aliphatic rings. The van der Waals surface area contributed by atoms with Gasteiger partial charge in [0.2, 0.25) is 0 Å². The predicted octanol–water partition coefficient (Wildman–Crippen LogP) is 2.76. The van der Waals surface area contributed by atoms with Crippen LogP contribution in [0.5, 0.6) is 0 Å². The first-order chi connectivity index (χ1) is 13.0. The van der Waals surface area contributed by atoms with Crippen molar-refractivity contribution in [3.05, 3.63) is 45.9 Å². The summed E-state index contributed by atoms with van der Waals surface area (Å²) in [6.07, 6.45) is 0.922. The largest absolute Gasteiger partial charge is 0.442 e. The maximum Gasteiger partial charge on any atom is 0.414 e. The van der Waals surface area contributed by atoms with Crippen LogP contribution >= 0.6 is 11.3 Å². The lowest BCUT2D eigenvalue weighted by atomic mass is 9.97. The molecular weight excluding hydrogens is 364 g/mol. The average molecular weight is 382 g/mol. The summed E-state index contributed by atoms with van der Waals surface area (Å²) >= 11 is 1.28. The van der Waals surface area contributed by atoms with Gasteiger partial charge < -0.3 is 10.1 Å². The highest BCUT2D eigenvalue weighted by atomic mass is 32.1. The second kappa shape index (κ2) is 6.67. The number of nitrogens with zero attached hydrogens (tertiary/aromatic N) is 3. The summed E-state index contributed by atoms with van der Waals surface area (Å²) in [5.74, 6) is -0.208. The van der Waals surface area contributed by atoms with Crippen LogP contribution in [-0.4, -0.2) is 36.2 Å². The van der Waals surface area contributed by atoms with Crippen molar-refractivity contribution in [3.8, 4) is 6.07 Å². The maximum absolute atomic E-state index is 12.2. The van der Waals surface area contributed by atoms with Crippen molar-refractivity contribution in [2.75, 3.05) is 18.0 Å². The van der Waals surface area contributed by atoms with Crippen molar-refractivity contribution in [2.45, 2.75) is 31.3 Å². The van der Waals surface area contributed by atoms with Gasteiger partial charge in [0.05, 0.1) is 35.8 Å². The van der Waals surface area contributed by atoms with Crippen LogP contribution in [0.2, 0.25) is 0 Å². The summed E-state index contributed by atoms with van der Waals surface area (Å²) in [6, 6.07) is 9.86. The topological polar surface area (TPSA) is 95.3 Å². The van der Waals surface area contributed by atoms with E-state index in [0.29, 0.717) is 17.1 Å². The number of aryl methyl sites for hydroxylation is 1. The minimum Gasteiger partial charge on any atom is -0.442 e. The van der Waals surface area contributed by atoms with E-state index in [4.69, 9.17) is 4.74 Å². The first-order valence-corrected chi connectivity index (χ1v) is 9.58. The zero-order valence-corrected chi connectivity index (χ0v) is 15.6. The molecular formula is C19H18N4O3S. The molecule has 8 heteroatoms. The number of carbonyl (C=O) groups is 2. The molecule has 2 heterocycles. The second-order valence-electron chi connectivity index (χ2n) is 6.83. The number of aromatic nitrogens is 1. The molecule has 2 fully saturated rings. The van der Waals surface area contributed by atoms with Gasteiger partial charge in [-0.25, -0.2) is 9.78 Å². The van der Waals surface area contributed by atoms with Crippen LogP contribution in [0, 0.1) is 18.3 Å². The standard InChI is InChI=1S/C19H18N4O3S/c1-12-16(27-11-22-12)17(24)21-8-15-9-23(18(25)26-15)14-4-2-13(3-5-14)19(10-20)6-7-19/h2-5,11,15H,6-9H2,1H3,(H,21,24). The number of hydrogen-bond acceptors (Lipinski definition) is 6. The summed E-state index contributed by atoms with van der Waals surface area (Å²) in [4.78, 5) is 30.5. The fourth-order valence-corrected chi connectivity index (χ4v) is 3.91. The summed E-state index contributed by atoms with van der Waals surface area (Å²) < 4.78 is 5.37. The Bertz CT molecular complexity index is 927. The Balaban J connectivity index is 1.37. The lowest BCUT2D eigenvalue weighted by Gasteiger charge is -2.14. The van der Waals surface area contributed by atoms with Gasteiger partial charge in [0.15, 0.2) is 0 Å². The van der Waals surface area contributed by atoms with E-state index in [-0.39, 0.29) is 17.9 Å². The van der Waals surface area contributed by atoms with Crippen LogP contribution in [0.1, 0.15) is 33.8 Å². The van der Waals surface area contributed by atoms with Gasteiger partial charge in [0.25, 0.3) is 5.91 Å². The van der Waals surface area contributed by atoms with Crippen LogP contribution in [0.25, 0.3) is 0 Å². The van der Waals surface area contributed by atoms with Crippen molar-refractivity contribution in [3.63, 3.8) is 0 Å². The van der Waals surface area contributed by atoms with E-state index in [1.165, 1.54) is 11.3 Å². The molecule has 1 aromatic carbocycles. The zero-order chi connectivity index (χ0) is 19.0. The Morgan fingerprint density at radius 3 is 2.78 bits per heavy atom. The molecule has 1 aromatic heterocycles. The van der Waals surface area contributed by atoms with Gasteiger partial charge >= 0.3 is 6.09 Å². The molecule has 27 heavy (non-hydrogen) atoms. The fourth-order valence-electron chi connectivity index (χ4n) is 3.20. The molecule has 0 radical (unpaired) electrons. The number of cyclic esters (lactones) is 1. The highest BCUT2D eigenvalue weighted by Crippen LogP contribution is 2.47. The number of nitriles is 1. The van der Waals surface area contributed by atoms with Crippen LogP contribution in [0.3, 0.4) is 0 Å². The first kappa shape index (κ1) is 17.5. The van der Waals surface area contributed by atoms with Crippen LogP contribution < -0.4 is 10.2 Å². The van der Waals surface area contributed by atoms with Gasteiger partial charge in [-0.15, -0.1) is 11.3 Å². The SMILES string of the molecule is Cc1ncsc1C(=O)NCC1CN(c2ccc(C3(C#N)CC3)cc2)C(=O)O1. The number of rotatable bonds is 5. The van der Waals surface area contributed by atoms with E-state index >= 15 is 0 Å². The molecule has 4 rings (SSSR count). The molecule has 1 aliphatic heterocycles. The average Bonchev–Trinajstić information content (AvgIpc) is 3.23. The molecule has 1 N–H and O–H groups in total. The molecule has 1 saturated carbocycles. The van der Waals surface area contributed by atoms with E-state index in [9.17, 15) is 14.9 Å². The van der Waals surface area contributed by atoms with Crippen molar-refractivity contribution < 1.29 is 14.3 Å². The van der Waals surface area contributed by atoms with Crippen molar-refractivity contribution in [1.82, 2.24) is 10.3 Å². The summed E-state index contributed by atoms with van der Waals surface area (Å²) in [5.41, 5.74) is 3.69. The highest BCUT2D eigenvalue weighted by Gasteiger charge is 2.45. The molecule has 2 aromatic rings.